The summed E-state index contributed by atoms with van der Waals surface area (Å²) in [6.07, 6.45) is -1.54. The predicted octanol–water partition coefficient (Wildman–Crippen LogP) is -0.0840. The number of rotatable bonds is 8. The van der Waals surface area contributed by atoms with Crippen molar-refractivity contribution in [3.05, 3.63) is 0 Å². The molecule has 0 aliphatic rings. The third-order valence-electron chi connectivity index (χ3n) is 2.29. The summed E-state index contributed by atoms with van der Waals surface area (Å²) in [5, 5.41) is 20.6. The number of aliphatic hydroxyl groups excluding tert-OH is 1. The summed E-state index contributed by atoms with van der Waals surface area (Å²) < 4.78 is 4.61. The normalized spacial score (nSPS) is 13.7. The number of carboxylic acids is 1. The zero-order valence-corrected chi connectivity index (χ0v) is 11.4. The van der Waals surface area contributed by atoms with Crippen LogP contribution >= 0.6 is 0 Å². The Morgan fingerprint density at radius 1 is 1.26 bits per heavy atom. The summed E-state index contributed by atoms with van der Waals surface area (Å²) in [6, 6.07) is -1.40. The maximum absolute atomic E-state index is 11.6. The highest BCUT2D eigenvalue weighted by Crippen LogP contribution is 2.05. The number of hydrogen-bond acceptors (Lipinski definition) is 5. The molecular weight excluding hydrogens is 254 g/mol. The summed E-state index contributed by atoms with van der Waals surface area (Å²) in [5.74, 6) is -2.77. The average molecular weight is 275 g/mol. The molecule has 0 heterocycles. The van der Waals surface area contributed by atoms with E-state index in [-0.39, 0.29) is 18.9 Å². The van der Waals surface area contributed by atoms with Crippen LogP contribution in [0.1, 0.15) is 33.6 Å². The highest BCUT2D eigenvalue weighted by Gasteiger charge is 2.27. The highest BCUT2D eigenvalue weighted by molar-refractivity contribution is 5.88. The lowest BCUT2D eigenvalue weighted by Gasteiger charge is -2.17. The quantitative estimate of drug-likeness (QED) is 0.534. The standard InChI is InChI=1S/C12H21NO6/c1-4-19-10(15)6-8(12(17)18)13-11(16)9(14)5-7(2)3/h7-9,14H,4-6H2,1-3H3,(H,13,16)(H,17,18)/t8-,9-/m0/s1. The molecule has 0 rings (SSSR count). The van der Waals surface area contributed by atoms with E-state index < -0.39 is 36.4 Å². The van der Waals surface area contributed by atoms with E-state index in [0.29, 0.717) is 0 Å². The lowest BCUT2D eigenvalue weighted by atomic mass is 10.1. The minimum atomic E-state index is -1.40. The summed E-state index contributed by atoms with van der Waals surface area (Å²) in [7, 11) is 0. The molecular formula is C12H21NO6. The summed E-state index contributed by atoms with van der Waals surface area (Å²) >= 11 is 0. The van der Waals surface area contributed by atoms with Crippen LogP contribution in [-0.4, -0.2) is 46.8 Å². The Morgan fingerprint density at radius 2 is 1.84 bits per heavy atom. The van der Waals surface area contributed by atoms with E-state index >= 15 is 0 Å². The third-order valence-corrected chi connectivity index (χ3v) is 2.29. The SMILES string of the molecule is CCOC(=O)C[C@H](NC(=O)[C@@H](O)CC(C)C)C(=O)O. The van der Waals surface area contributed by atoms with E-state index in [1.807, 2.05) is 13.8 Å². The van der Waals surface area contributed by atoms with Crippen LogP contribution < -0.4 is 5.32 Å². The fourth-order valence-electron chi connectivity index (χ4n) is 1.41. The van der Waals surface area contributed by atoms with E-state index in [1.54, 1.807) is 6.92 Å². The molecule has 2 atom stereocenters. The van der Waals surface area contributed by atoms with Gasteiger partial charge in [-0.05, 0) is 19.3 Å². The van der Waals surface area contributed by atoms with Crippen LogP contribution in [0.5, 0.6) is 0 Å². The number of aliphatic carboxylic acids is 1. The highest BCUT2D eigenvalue weighted by atomic mass is 16.5. The van der Waals surface area contributed by atoms with Gasteiger partial charge in [-0.1, -0.05) is 13.8 Å². The van der Waals surface area contributed by atoms with Crippen molar-refractivity contribution in [1.29, 1.82) is 0 Å². The van der Waals surface area contributed by atoms with Gasteiger partial charge in [0.25, 0.3) is 0 Å². The van der Waals surface area contributed by atoms with Crippen LogP contribution in [-0.2, 0) is 19.1 Å². The zero-order chi connectivity index (χ0) is 15.0. The molecule has 0 bridgehead atoms. The van der Waals surface area contributed by atoms with Crippen molar-refractivity contribution < 1.29 is 29.3 Å². The molecule has 0 radical (unpaired) electrons. The molecule has 0 saturated heterocycles. The van der Waals surface area contributed by atoms with Crippen LogP contribution in [0.2, 0.25) is 0 Å². The molecule has 3 N–H and O–H groups in total. The van der Waals surface area contributed by atoms with Gasteiger partial charge in [0.1, 0.15) is 12.1 Å². The number of ether oxygens (including phenoxy) is 1. The Bertz CT molecular complexity index is 328. The second-order valence-corrected chi connectivity index (χ2v) is 4.55. The number of esters is 1. The number of hydrogen-bond donors (Lipinski definition) is 3. The number of aliphatic hydroxyl groups is 1. The van der Waals surface area contributed by atoms with Crippen molar-refractivity contribution in [2.75, 3.05) is 6.61 Å². The Morgan fingerprint density at radius 3 is 2.26 bits per heavy atom. The predicted molar refractivity (Wildman–Crippen MR) is 66.3 cm³/mol. The molecule has 0 fully saturated rings. The number of carbonyl (C=O) groups excluding carboxylic acids is 2. The number of amides is 1. The van der Waals surface area contributed by atoms with Crippen molar-refractivity contribution >= 4 is 17.8 Å². The van der Waals surface area contributed by atoms with Crippen LogP contribution in [0, 0.1) is 5.92 Å². The van der Waals surface area contributed by atoms with Crippen LogP contribution in [0.25, 0.3) is 0 Å². The molecule has 19 heavy (non-hydrogen) atoms. The minimum absolute atomic E-state index is 0.0917. The second-order valence-electron chi connectivity index (χ2n) is 4.55. The van der Waals surface area contributed by atoms with Gasteiger partial charge in [-0.2, -0.15) is 0 Å². The molecule has 1 amide bonds. The first-order chi connectivity index (χ1) is 8.77. The molecule has 0 unspecified atom stereocenters. The first-order valence-corrected chi connectivity index (χ1v) is 6.14. The van der Waals surface area contributed by atoms with Gasteiger partial charge in [0.05, 0.1) is 13.0 Å². The Labute approximate surface area is 111 Å². The fraction of sp³-hybridized carbons (Fsp3) is 0.750. The maximum Gasteiger partial charge on any atom is 0.326 e. The number of carboxylic acid groups (broad SMARTS) is 1. The van der Waals surface area contributed by atoms with Crippen LogP contribution in [0.3, 0.4) is 0 Å². The summed E-state index contributed by atoms with van der Waals surface area (Å²) in [4.78, 5) is 33.7. The van der Waals surface area contributed by atoms with Crippen molar-refractivity contribution in [2.24, 2.45) is 5.92 Å². The fourth-order valence-corrected chi connectivity index (χ4v) is 1.41. The van der Waals surface area contributed by atoms with Crippen LogP contribution in [0.15, 0.2) is 0 Å². The van der Waals surface area contributed by atoms with Crippen LogP contribution in [0.4, 0.5) is 0 Å². The minimum Gasteiger partial charge on any atom is -0.480 e. The van der Waals surface area contributed by atoms with E-state index in [1.165, 1.54) is 0 Å². The number of carbonyl (C=O) groups is 3. The average Bonchev–Trinajstić information content (AvgIpc) is 2.27. The zero-order valence-electron chi connectivity index (χ0n) is 11.4. The van der Waals surface area contributed by atoms with Gasteiger partial charge in [-0.3, -0.25) is 9.59 Å². The van der Waals surface area contributed by atoms with E-state index in [0.717, 1.165) is 0 Å². The van der Waals surface area contributed by atoms with E-state index in [2.05, 4.69) is 10.1 Å². The molecule has 0 aliphatic heterocycles. The summed E-state index contributed by atoms with van der Waals surface area (Å²) in [5.41, 5.74) is 0. The lowest BCUT2D eigenvalue weighted by molar-refractivity contribution is -0.150. The molecule has 0 aromatic carbocycles. The van der Waals surface area contributed by atoms with Gasteiger partial charge in [0.2, 0.25) is 5.91 Å². The largest absolute Gasteiger partial charge is 0.480 e. The Hall–Kier alpha value is -1.63. The number of nitrogens with one attached hydrogen (secondary N) is 1. The van der Waals surface area contributed by atoms with Crippen molar-refractivity contribution in [3.8, 4) is 0 Å². The van der Waals surface area contributed by atoms with Gasteiger partial charge in [0, 0.05) is 0 Å². The molecule has 7 nitrogen and oxygen atoms in total. The van der Waals surface area contributed by atoms with Crippen molar-refractivity contribution in [2.45, 2.75) is 45.8 Å². The Kier molecular flexibility index (Phi) is 7.74. The monoisotopic (exact) mass is 275 g/mol. The van der Waals surface area contributed by atoms with Gasteiger partial charge in [-0.15, -0.1) is 0 Å². The smallest absolute Gasteiger partial charge is 0.326 e. The molecule has 0 aliphatic carbocycles. The molecule has 0 saturated carbocycles. The molecule has 110 valence electrons. The molecule has 7 heteroatoms. The molecule has 0 aromatic rings. The van der Waals surface area contributed by atoms with Crippen molar-refractivity contribution in [3.63, 3.8) is 0 Å². The first-order valence-electron chi connectivity index (χ1n) is 6.14. The lowest BCUT2D eigenvalue weighted by Crippen LogP contribution is -2.47. The molecule has 0 spiro atoms. The van der Waals surface area contributed by atoms with Gasteiger partial charge < -0.3 is 20.3 Å². The van der Waals surface area contributed by atoms with E-state index in [4.69, 9.17) is 5.11 Å². The first kappa shape index (κ1) is 17.4. The van der Waals surface area contributed by atoms with Gasteiger partial charge in [0.15, 0.2) is 0 Å². The molecule has 0 aromatic heterocycles. The van der Waals surface area contributed by atoms with Gasteiger partial charge >= 0.3 is 11.9 Å². The Balaban J connectivity index is 4.46. The van der Waals surface area contributed by atoms with Gasteiger partial charge in [-0.25, -0.2) is 4.79 Å². The summed E-state index contributed by atoms with van der Waals surface area (Å²) in [6.45, 7) is 5.38. The van der Waals surface area contributed by atoms with E-state index in [9.17, 15) is 19.5 Å². The van der Waals surface area contributed by atoms with Crippen molar-refractivity contribution in [1.82, 2.24) is 5.32 Å². The second kappa shape index (κ2) is 8.47. The maximum atomic E-state index is 11.6. The third kappa shape index (κ3) is 7.40. The topological polar surface area (TPSA) is 113 Å².